The van der Waals surface area contributed by atoms with Gasteiger partial charge in [-0.15, -0.1) is 0 Å². The summed E-state index contributed by atoms with van der Waals surface area (Å²) in [5, 5.41) is 2.78. The van der Waals surface area contributed by atoms with Gasteiger partial charge in [-0.1, -0.05) is 11.6 Å². The molecule has 0 saturated heterocycles. The topological polar surface area (TPSA) is 76.7 Å². The van der Waals surface area contributed by atoms with Crippen LogP contribution in [0.3, 0.4) is 0 Å². The van der Waals surface area contributed by atoms with Crippen molar-refractivity contribution in [3.05, 3.63) is 35.4 Å². The monoisotopic (exact) mass is 289 g/mol. The van der Waals surface area contributed by atoms with Crippen LogP contribution in [-0.2, 0) is 6.18 Å². The average molecular weight is 290 g/mol. The second-order valence-corrected chi connectivity index (χ2v) is 3.85. The van der Waals surface area contributed by atoms with Gasteiger partial charge in [0.1, 0.15) is 22.9 Å². The van der Waals surface area contributed by atoms with Crippen molar-refractivity contribution in [1.29, 1.82) is 0 Å². The third-order valence-corrected chi connectivity index (χ3v) is 2.51. The third-order valence-electron chi connectivity index (χ3n) is 2.13. The highest BCUT2D eigenvalue weighted by Crippen LogP contribution is 2.29. The normalized spacial score (nSPS) is 11.4. The first-order chi connectivity index (χ1) is 8.88. The van der Waals surface area contributed by atoms with Gasteiger partial charge in [0, 0.05) is 0 Å². The first-order valence-electron chi connectivity index (χ1n) is 4.94. The van der Waals surface area contributed by atoms with Crippen molar-refractivity contribution >= 4 is 28.9 Å². The number of nitrogen functional groups attached to an aromatic ring is 1. The van der Waals surface area contributed by atoms with Crippen LogP contribution < -0.4 is 11.1 Å². The summed E-state index contributed by atoms with van der Waals surface area (Å²) in [6.45, 7) is 0. The molecule has 2 aromatic rings. The predicted molar refractivity (Wildman–Crippen MR) is 64.0 cm³/mol. The zero-order valence-electron chi connectivity index (χ0n) is 9.24. The minimum absolute atomic E-state index is 0.0686. The lowest BCUT2D eigenvalue weighted by Crippen LogP contribution is -2.07. The van der Waals surface area contributed by atoms with Crippen LogP contribution in [0.15, 0.2) is 24.7 Å². The molecule has 0 spiro atoms. The molecule has 3 N–H and O–H groups in total. The molecule has 0 unspecified atom stereocenters. The Bertz CT molecular complexity index is 585. The molecule has 0 fully saturated rings. The van der Waals surface area contributed by atoms with Gasteiger partial charge in [-0.3, -0.25) is 0 Å². The summed E-state index contributed by atoms with van der Waals surface area (Å²) >= 11 is 5.83. The van der Waals surface area contributed by atoms with Crippen molar-refractivity contribution < 1.29 is 13.2 Å². The van der Waals surface area contributed by atoms with Gasteiger partial charge in [-0.05, 0) is 12.1 Å². The number of nitrogens with two attached hydrogens (primary N) is 1. The quantitative estimate of drug-likeness (QED) is 0.889. The SMILES string of the molecule is Nc1ncnc(Nc2ccc(C(F)(F)F)nc2)c1Cl. The van der Waals surface area contributed by atoms with Crippen LogP contribution in [0.2, 0.25) is 5.02 Å². The van der Waals surface area contributed by atoms with E-state index < -0.39 is 11.9 Å². The Morgan fingerprint density at radius 1 is 1.16 bits per heavy atom. The average Bonchev–Trinajstić information content (AvgIpc) is 2.35. The van der Waals surface area contributed by atoms with E-state index >= 15 is 0 Å². The highest BCUT2D eigenvalue weighted by molar-refractivity contribution is 6.35. The molecule has 0 aliphatic carbocycles. The number of nitrogens with one attached hydrogen (secondary N) is 1. The summed E-state index contributed by atoms with van der Waals surface area (Å²) in [6.07, 6.45) is -2.27. The molecule has 2 rings (SSSR count). The van der Waals surface area contributed by atoms with Gasteiger partial charge in [0.05, 0.1) is 11.9 Å². The van der Waals surface area contributed by atoms with Crippen LogP contribution >= 0.6 is 11.6 Å². The first-order valence-corrected chi connectivity index (χ1v) is 5.32. The molecule has 0 radical (unpaired) electrons. The summed E-state index contributed by atoms with van der Waals surface area (Å²) < 4.78 is 37.0. The maximum atomic E-state index is 12.3. The van der Waals surface area contributed by atoms with E-state index in [1.165, 1.54) is 12.4 Å². The van der Waals surface area contributed by atoms with Gasteiger partial charge < -0.3 is 11.1 Å². The number of pyridine rings is 1. The van der Waals surface area contributed by atoms with E-state index in [2.05, 4.69) is 20.3 Å². The number of hydrogen-bond donors (Lipinski definition) is 2. The summed E-state index contributed by atoms with van der Waals surface area (Å²) in [5.74, 6) is 0.259. The van der Waals surface area contributed by atoms with Gasteiger partial charge in [-0.2, -0.15) is 13.2 Å². The largest absolute Gasteiger partial charge is 0.433 e. The summed E-state index contributed by atoms with van der Waals surface area (Å²) in [5.41, 5.74) is 4.79. The van der Waals surface area contributed by atoms with Gasteiger partial charge in [0.25, 0.3) is 0 Å². The number of nitrogens with zero attached hydrogens (tertiary/aromatic N) is 3. The number of hydrogen-bond acceptors (Lipinski definition) is 5. The molecule has 0 bridgehead atoms. The lowest BCUT2D eigenvalue weighted by molar-refractivity contribution is -0.141. The van der Waals surface area contributed by atoms with E-state index in [1.807, 2.05) is 0 Å². The summed E-state index contributed by atoms with van der Waals surface area (Å²) in [7, 11) is 0. The number of aromatic nitrogens is 3. The molecule has 2 heterocycles. The molecule has 0 aromatic carbocycles. The van der Waals surface area contributed by atoms with E-state index in [0.717, 1.165) is 12.3 Å². The maximum absolute atomic E-state index is 12.3. The summed E-state index contributed by atoms with van der Waals surface area (Å²) in [6, 6.07) is 2.06. The van der Waals surface area contributed by atoms with Gasteiger partial charge in [0.15, 0.2) is 5.82 Å². The van der Waals surface area contributed by atoms with Crippen LogP contribution in [0, 0.1) is 0 Å². The van der Waals surface area contributed by atoms with Crippen molar-refractivity contribution in [2.45, 2.75) is 6.18 Å². The zero-order chi connectivity index (χ0) is 14.0. The Labute approximate surface area is 110 Å². The maximum Gasteiger partial charge on any atom is 0.433 e. The van der Waals surface area contributed by atoms with Crippen molar-refractivity contribution in [2.75, 3.05) is 11.1 Å². The zero-order valence-corrected chi connectivity index (χ0v) is 10.00. The van der Waals surface area contributed by atoms with E-state index in [4.69, 9.17) is 17.3 Å². The number of alkyl halides is 3. The Morgan fingerprint density at radius 2 is 1.89 bits per heavy atom. The second-order valence-electron chi connectivity index (χ2n) is 3.48. The highest BCUT2D eigenvalue weighted by atomic mass is 35.5. The molecule has 19 heavy (non-hydrogen) atoms. The molecule has 9 heteroatoms. The van der Waals surface area contributed by atoms with Crippen molar-refractivity contribution in [2.24, 2.45) is 0 Å². The van der Waals surface area contributed by atoms with E-state index in [0.29, 0.717) is 5.69 Å². The smallest absolute Gasteiger partial charge is 0.382 e. The van der Waals surface area contributed by atoms with Crippen LogP contribution in [0.1, 0.15) is 5.69 Å². The van der Waals surface area contributed by atoms with E-state index in [1.54, 1.807) is 0 Å². The summed E-state index contributed by atoms with van der Waals surface area (Å²) in [4.78, 5) is 10.8. The van der Waals surface area contributed by atoms with Crippen LogP contribution in [0.4, 0.5) is 30.5 Å². The fraction of sp³-hybridized carbons (Fsp3) is 0.100. The van der Waals surface area contributed by atoms with E-state index in [9.17, 15) is 13.2 Å². The molecule has 0 amide bonds. The van der Waals surface area contributed by atoms with Crippen LogP contribution in [-0.4, -0.2) is 15.0 Å². The number of halogens is 4. The molecule has 5 nitrogen and oxygen atoms in total. The standard InChI is InChI=1S/C10H7ClF3N5/c11-7-8(15)17-4-18-9(7)19-5-1-2-6(16-3-5)10(12,13)14/h1-4H,(H3,15,17,18,19). The molecule has 2 aromatic heterocycles. The fourth-order valence-corrected chi connectivity index (χ4v) is 1.39. The minimum Gasteiger partial charge on any atom is -0.382 e. The Hall–Kier alpha value is -2.09. The van der Waals surface area contributed by atoms with Crippen molar-refractivity contribution in [1.82, 2.24) is 15.0 Å². The highest BCUT2D eigenvalue weighted by Gasteiger charge is 2.32. The van der Waals surface area contributed by atoms with Gasteiger partial charge in [-0.25, -0.2) is 15.0 Å². The van der Waals surface area contributed by atoms with Crippen LogP contribution in [0.5, 0.6) is 0 Å². The molecule has 0 saturated carbocycles. The third kappa shape index (κ3) is 3.02. The first kappa shape index (κ1) is 13.3. The van der Waals surface area contributed by atoms with E-state index in [-0.39, 0.29) is 16.7 Å². The molecular formula is C10H7ClF3N5. The number of rotatable bonds is 2. The molecule has 0 aliphatic heterocycles. The Morgan fingerprint density at radius 3 is 2.47 bits per heavy atom. The Kier molecular flexibility index (Phi) is 3.43. The van der Waals surface area contributed by atoms with Crippen molar-refractivity contribution in [3.63, 3.8) is 0 Å². The predicted octanol–water partition coefficient (Wildman–Crippen LogP) is 2.87. The van der Waals surface area contributed by atoms with Gasteiger partial charge in [0.2, 0.25) is 0 Å². The fourth-order valence-electron chi connectivity index (χ4n) is 1.24. The van der Waals surface area contributed by atoms with Crippen LogP contribution in [0.25, 0.3) is 0 Å². The number of anilines is 3. The second kappa shape index (κ2) is 4.88. The molecule has 0 aliphatic rings. The lowest BCUT2D eigenvalue weighted by atomic mass is 10.3. The molecule has 0 atom stereocenters. The molecular weight excluding hydrogens is 283 g/mol. The Balaban J connectivity index is 2.23. The molecule has 100 valence electrons. The lowest BCUT2D eigenvalue weighted by Gasteiger charge is -2.09. The van der Waals surface area contributed by atoms with Crippen molar-refractivity contribution in [3.8, 4) is 0 Å². The minimum atomic E-state index is -4.48. The van der Waals surface area contributed by atoms with Gasteiger partial charge >= 0.3 is 6.18 Å².